The molecule has 4 rings (SSSR count). The molecule has 0 radical (unpaired) electrons. The molecule has 4 heterocycles. The highest BCUT2D eigenvalue weighted by molar-refractivity contribution is 8.00. The van der Waals surface area contributed by atoms with Crippen molar-refractivity contribution < 1.29 is 37.9 Å². The average Bonchev–Trinajstić information content (AvgIpc) is 3.43. The van der Waals surface area contributed by atoms with E-state index in [4.69, 9.17) is 16.3 Å². The largest absolute Gasteiger partial charge is 0.543 e. The van der Waals surface area contributed by atoms with Gasteiger partial charge >= 0.3 is 6.01 Å². The number of aliphatic carboxylic acids is 1. The summed E-state index contributed by atoms with van der Waals surface area (Å²) in [7, 11) is 0. The smallest absolute Gasteiger partial charge is 0.319 e. The van der Waals surface area contributed by atoms with Crippen LogP contribution in [0.25, 0.3) is 0 Å². The third-order valence-electron chi connectivity index (χ3n) is 5.36. The number of halogens is 1. The van der Waals surface area contributed by atoms with Gasteiger partial charge in [0.1, 0.15) is 31.2 Å². The Morgan fingerprint density at radius 2 is 2.25 bits per heavy atom. The molecule has 36 heavy (non-hydrogen) atoms. The van der Waals surface area contributed by atoms with Crippen LogP contribution in [0.15, 0.2) is 33.2 Å². The summed E-state index contributed by atoms with van der Waals surface area (Å²) in [6.07, 6.45) is 1.59. The summed E-state index contributed by atoms with van der Waals surface area (Å²) in [5.74, 6) is -2.79. The minimum absolute atomic E-state index is 0.0169. The number of oxime groups is 1. The molecular formula is C19H22FN9O6S. The van der Waals surface area contributed by atoms with Crippen LogP contribution in [0, 0.1) is 0 Å². The quantitative estimate of drug-likeness (QED) is 0.125. The number of carboxylic acids is 1. The van der Waals surface area contributed by atoms with Gasteiger partial charge in [0.25, 0.3) is 11.8 Å². The Kier molecular flexibility index (Phi) is 7.09. The number of β-lactam (4-membered cyclic amide) rings is 1. The number of amides is 2. The van der Waals surface area contributed by atoms with E-state index >= 15 is 0 Å². The monoisotopic (exact) mass is 523 g/mol. The number of carbonyl (C=O) groups excluding carboxylic acids is 3. The van der Waals surface area contributed by atoms with Crippen molar-refractivity contribution in [2.24, 2.45) is 5.16 Å². The van der Waals surface area contributed by atoms with Crippen molar-refractivity contribution in [3.8, 4) is 0 Å². The lowest BCUT2D eigenvalue weighted by molar-refractivity contribution is -0.767. The fraction of sp³-hybridized carbons (Fsp3) is 0.421. The lowest BCUT2D eigenvalue weighted by Gasteiger charge is -2.50. The van der Waals surface area contributed by atoms with Crippen molar-refractivity contribution in [2.45, 2.75) is 31.4 Å². The molecule has 1 fully saturated rings. The molecule has 2 atom stereocenters. The van der Waals surface area contributed by atoms with E-state index in [9.17, 15) is 23.9 Å². The molecule has 2 aliphatic heterocycles. The summed E-state index contributed by atoms with van der Waals surface area (Å²) < 4.78 is 20.6. The Morgan fingerprint density at radius 3 is 2.89 bits per heavy atom. The zero-order chi connectivity index (χ0) is 26.0. The zero-order valence-corrected chi connectivity index (χ0v) is 19.7. The molecule has 15 nitrogen and oxygen atoms in total. The summed E-state index contributed by atoms with van der Waals surface area (Å²) >= 11 is 1.24. The molecule has 5 N–H and O–H groups in total. The number of carboxylic acid groups (broad SMARTS) is 1. The zero-order valence-electron chi connectivity index (χ0n) is 18.9. The molecule has 1 saturated heterocycles. The molecule has 17 heteroatoms. The summed E-state index contributed by atoms with van der Waals surface area (Å²) in [5.41, 5.74) is 11.0. The summed E-state index contributed by atoms with van der Waals surface area (Å²) in [5, 5.41) is 21.0. The lowest BCUT2D eigenvalue weighted by Crippen LogP contribution is -2.71. The van der Waals surface area contributed by atoms with Gasteiger partial charge in [0.05, 0.1) is 17.7 Å². The number of hydrogen-bond donors (Lipinski definition) is 3. The normalized spacial score (nSPS) is 19.7. The van der Waals surface area contributed by atoms with Crippen molar-refractivity contribution in [1.29, 1.82) is 0 Å². The first-order valence-electron chi connectivity index (χ1n) is 10.7. The predicted molar refractivity (Wildman–Crippen MR) is 119 cm³/mol. The summed E-state index contributed by atoms with van der Waals surface area (Å²) in [4.78, 5) is 47.5. The van der Waals surface area contributed by atoms with Crippen LogP contribution in [0.4, 0.5) is 16.2 Å². The molecule has 0 unspecified atom stereocenters. The first-order chi connectivity index (χ1) is 17.3. The number of rotatable bonds is 10. The van der Waals surface area contributed by atoms with Gasteiger partial charge < -0.3 is 36.0 Å². The second-order valence-corrected chi connectivity index (χ2v) is 8.67. The van der Waals surface area contributed by atoms with E-state index in [0.29, 0.717) is 11.4 Å². The van der Waals surface area contributed by atoms with Crippen LogP contribution in [-0.2, 0) is 32.3 Å². The highest BCUT2D eigenvalue weighted by atomic mass is 32.2. The maximum atomic E-state index is 12.9. The number of nitrogens with two attached hydrogens (primary N) is 2. The van der Waals surface area contributed by atoms with Crippen molar-refractivity contribution >= 4 is 47.1 Å². The van der Waals surface area contributed by atoms with Crippen LogP contribution in [0.1, 0.15) is 12.7 Å². The molecular weight excluding hydrogens is 501 g/mol. The molecule has 2 aliphatic rings. The van der Waals surface area contributed by atoms with Crippen molar-refractivity contribution in [3.05, 3.63) is 29.4 Å². The number of thioether (sulfide) groups is 1. The number of alkyl halides is 1. The number of hydrogen-bond acceptors (Lipinski definition) is 12. The maximum Gasteiger partial charge on any atom is 0.319 e. The molecule has 2 aromatic rings. The van der Waals surface area contributed by atoms with Crippen LogP contribution in [0.5, 0.6) is 0 Å². The Hall–Kier alpha value is -4.15. The van der Waals surface area contributed by atoms with Crippen LogP contribution in [-0.4, -0.2) is 73.7 Å². The van der Waals surface area contributed by atoms with E-state index in [0.717, 1.165) is 4.90 Å². The predicted octanol–water partition coefficient (Wildman–Crippen LogP) is -2.86. The highest BCUT2D eigenvalue weighted by Crippen LogP contribution is 2.40. The molecule has 0 spiro atoms. The Morgan fingerprint density at radius 1 is 1.47 bits per heavy atom. The Labute approximate surface area is 206 Å². The van der Waals surface area contributed by atoms with E-state index in [1.165, 1.54) is 16.4 Å². The van der Waals surface area contributed by atoms with Crippen LogP contribution >= 0.6 is 11.8 Å². The minimum Gasteiger partial charge on any atom is -0.543 e. The number of nitrogens with zero attached hydrogens (tertiary/aromatic N) is 6. The van der Waals surface area contributed by atoms with Gasteiger partial charge in [-0.25, -0.2) is 4.39 Å². The Balaban J connectivity index is 1.54. The van der Waals surface area contributed by atoms with Crippen LogP contribution in [0.2, 0.25) is 0 Å². The van der Waals surface area contributed by atoms with E-state index in [1.807, 2.05) is 0 Å². The van der Waals surface area contributed by atoms with E-state index in [1.54, 1.807) is 23.9 Å². The van der Waals surface area contributed by atoms with Gasteiger partial charge in [-0.1, -0.05) is 10.3 Å². The van der Waals surface area contributed by atoms with Crippen LogP contribution in [0.3, 0.4) is 0 Å². The molecule has 2 amide bonds. The van der Waals surface area contributed by atoms with Gasteiger partial charge in [-0.2, -0.15) is 4.98 Å². The van der Waals surface area contributed by atoms with Gasteiger partial charge in [-0.05, 0) is 6.92 Å². The van der Waals surface area contributed by atoms with Gasteiger partial charge in [-0.15, -0.1) is 21.1 Å². The third-order valence-corrected chi connectivity index (χ3v) is 6.70. The number of fused-ring (bicyclic) bond motifs is 1. The van der Waals surface area contributed by atoms with Crippen molar-refractivity contribution in [3.63, 3.8) is 0 Å². The second-order valence-electron chi connectivity index (χ2n) is 7.56. The number of aromatic nitrogens is 4. The van der Waals surface area contributed by atoms with E-state index < -0.39 is 35.9 Å². The summed E-state index contributed by atoms with van der Waals surface area (Å²) in [6.45, 7) is 1.14. The minimum atomic E-state index is -1.55. The highest BCUT2D eigenvalue weighted by Gasteiger charge is 2.53. The Bertz CT molecular complexity index is 1260. The number of anilines is 2. The molecule has 0 aromatic carbocycles. The molecule has 192 valence electrons. The van der Waals surface area contributed by atoms with Gasteiger partial charge in [0.2, 0.25) is 11.5 Å². The van der Waals surface area contributed by atoms with E-state index in [-0.39, 0.29) is 48.7 Å². The maximum absolute atomic E-state index is 12.9. The second kappa shape index (κ2) is 10.2. The standard InChI is InChI=1S/C19H22FN9O6S/c1-2-34-25-11(14-24-19(22)35-26-14)15(30)23-12-16(31)29-13(18(32)33)9(8-36-17(12)29)7-27-5-3-10(21)28(27)6-4-20/h3,5,12,17,21H,2,4,6-8H2,1H3,(H4,22,23,24,26,30,32,33)/t12-,17-/m1/s1. The fourth-order valence-corrected chi connectivity index (χ4v) is 5.13. The molecule has 0 aliphatic carbocycles. The van der Waals surface area contributed by atoms with Gasteiger partial charge in [0.15, 0.2) is 18.6 Å². The number of nitrogen functional groups attached to an aromatic ring is 2. The summed E-state index contributed by atoms with van der Waals surface area (Å²) in [6, 6.07) is 0.199. The molecule has 0 bridgehead atoms. The first kappa shape index (κ1) is 25.0. The van der Waals surface area contributed by atoms with Crippen molar-refractivity contribution in [1.82, 2.24) is 25.0 Å². The topological polar surface area (TPSA) is 211 Å². The lowest BCUT2D eigenvalue weighted by atomic mass is 10.0. The van der Waals surface area contributed by atoms with E-state index in [2.05, 4.69) is 25.1 Å². The number of nitrogens with one attached hydrogen (secondary N) is 1. The van der Waals surface area contributed by atoms with Gasteiger partial charge in [-0.3, -0.25) is 14.5 Å². The van der Waals surface area contributed by atoms with Crippen LogP contribution < -0.4 is 26.6 Å². The molecule has 2 aromatic heterocycles. The number of carbonyl (C=O) groups is 3. The fourth-order valence-electron chi connectivity index (χ4n) is 3.80. The molecule has 0 saturated carbocycles. The van der Waals surface area contributed by atoms with Crippen molar-refractivity contribution in [2.75, 3.05) is 30.5 Å². The van der Waals surface area contributed by atoms with Gasteiger partial charge in [0, 0.05) is 11.3 Å². The first-order valence-corrected chi connectivity index (χ1v) is 11.7. The average molecular weight is 524 g/mol. The third kappa shape index (κ3) is 4.56. The SMILES string of the molecule is CCON=C(C(=O)N[C@@H]1C(=O)N2C(C(=O)[O-])=C(C[n+]3ccc(N)n3CCF)CS[C@H]12)c1noc(N)n1.